The molecule has 0 aromatic carbocycles. The highest BCUT2D eigenvalue weighted by atomic mass is 32.1. The first-order valence-corrected chi connectivity index (χ1v) is 8.43. The van der Waals surface area contributed by atoms with Gasteiger partial charge in [0.25, 0.3) is 0 Å². The Kier molecular flexibility index (Phi) is 5.42. The van der Waals surface area contributed by atoms with Gasteiger partial charge >= 0.3 is 0 Å². The van der Waals surface area contributed by atoms with Crippen LogP contribution in [0.5, 0.6) is 0 Å². The van der Waals surface area contributed by atoms with Crippen molar-refractivity contribution in [3.8, 4) is 0 Å². The van der Waals surface area contributed by atoms with E-state index in [1.54, 1.807) is 0 Å². The largest absolute Gasteiger partial charge is 0.310 e. The maximum absolute atomic E-state index is 3.64. The molecule has 1 nitrogen and oxygen atoms in total. The van der Waals surface area contributed by atoms with E-state index in [1.807, 2.05) is 22.7 Å². The summed E-state index contributed by atoms with van der Waals surface area (Å²) >= 11 is 3.77. The van der Waals surface area contributed by atoms with E-state index in [4.69, 9.17) is 0 Å². The van der Waals surface area contributed by atoms with Crippen LogP contribution in [0.4, 0.5) is 0 Å². The van der Waals surface area contributed by atoms with Crippen LogP contribution < -0.4 is 5.32 Å². The molecule has 2 heterocycles. The smallest absolute Gasteiger partial charge is 0.0420 e. The van der Waals surface area contributed by atoms with Gasteiger partial charge in [-0.05, 0) is 54.3 Å². The molecule has 1 N–H and O–H groups in total. The molecule has 0 saturated heterocycles. The second kappa shape index (κ2) is 7.07. The summed E-state index contributed by atoms with van der Waals surface area (Å²) in [6, 6.07) is 7.18. The minimum Gasteiger partial charge on any atom is -0.310 e. The van der Waals surface area contributed by atoms with Crippen LogP contribution in [-0.2, 0) is 12.8 Å². The second-order valence-electron chi connectivity index (χ2n) is 4.39. The molecule has 2 aromatic heterocycles. The van der Waals surface area contributed by atoms with E-state index >= 15 is 0 Å². The van der Waals surface area contributed by atoms with Gasteiger partial charge in [-0.15, -0.1) is 22.7 Å². The van der Waals surface area contributed by atoms with Crippen molar-refractivity contribution < 1.29 is 0 Å². The van der Waals surface area contributed by atoms with Gasteiger partial charge < -0.3 is 5.32 Å². The normalized spacial score (nSPS) is 12.8. The van der Waals surface area contributed by atoms with Gasteiger partial charge in [0, 0.05) is 15.8 Å². The Morgan fingerprint density at radius 2 is 2.06 bits per heavy atom. The SMILES string of the molecule is CCNC(CCc1cccs1)c1sccc1CC. The maximum Gasteiger partial charge on any atom is 0.0420 e. The average molecular weight is 279 g/mol. The highest BCUT2D eigenvalue weighted by molar-refractivity contribution is 7.10. The Morgan fingerprint density at radius 1 is 1.17 bits per heavy atom. The van der Waals surface area contributed by atoms with Crippen LogP contribution >= 0.6 is 22.7 Å². The monoisotopic (exact) mass is 279 g/mol. The first-order chi connectivity index (χ1) is 8.85. The zero-order chi connectivity index (χ0) is 12.8. The summed E-state index contributed by atoms with van der Waals surface area (Å²) < 4.78 is 0. The third kappa shape index (κ3) is 3.44. The lowest BCUT2D eigenvalue weighted by Gasteiger charge is -2.18. The van der Waals surface area contributed by atoms with Crippen LogP contribution in [0.2, 0.25) is 0 Å². The number of rotatable bonds is 7. The van der Waals surface area contributed by atoms with Crippen molar-refractivity contribution in [3.05, 3.63) is 44.3 Å². The highest BCUT2D eigenvalue weighted by Crippen LogP contribution is 2.29. The van der Waals surface area contributed by atoms with Crippen molar-refractivity contribution >= 4 is 22.7 Å². The van der Waals surface area contributed by atoms with Crippen molar-refractivity contribution in [1.82, 2.24) is 5.32 Å². The predicted octanol–water partition coefficient (Wildman–Crippen LogP) is 4.66. The number of aryl methyl sites for hydroxylation is 2. The Labute approximate surface area is 118 Å². The molecular formula is C15H21NS2. The molecular weight excluding hydrogens is 258 g/mol. The van der Waals surface area contributed by atoms with Gasteiger partial charge in [0.15, 0.2) is 0 Å². The molecule has 0 radical (unpaired) electrons. The van der Waals surface area contributed by atoms with E-state index in [0.29, 0.717) is 6.04 Å². The summed E-state index contributed by atoms with van der Waals surface area (Å²) in [4.78, 5) is 3.03. The molecule has 3 heteroatoms. The molecule has 0 aliphatic carbocycles. The van der Waals surface area contributed by atoms with Crippen LogP contribution in [0.25, 0.3) is 0 Å². The summed E-state index contributed by atoms with van der Waals surface area (Å²) in [6.07, 6.45) is 3.51. The molecule has 0 spiro atoms. The van der Waals surface area contributed by atoms with Crippen LogP contribution in [0.1, 0.15) is 41.6 Å². The van der Waals surface area contributed by atoms with Crippen molar-refractivity contribution in [2.75, 3.05) is 6.54 Å². The number of hydrogen-bond acceptors (Lipinski definition) is 3. The number of thiophene rings is 2. The summed E-state index contributed by atoms with van der Waals surface area (Å²) in [5.74, 6) is 0. The molecule has 0 fully saturated rings. The lowest BCUT2D eigenvalue weighted by Crippen LogP contribution is -2.21. The second-order valence-corrected chi connectivity index (χ2v) is 6.37. The maximum atomic E-state index is 3.64. The number of nitrogens with one attached hydrogen (secondary N) is 1. The first kappa shape index (κ1) is 13.8. The van der Waals surface area contributed by atoms with Crippen molar-refractivity contribution in [2.45, 2.75) is 39.2 Å². The first-order valence-electron chi connectivity index (χ1n) is 6.67. The fourth-order valence-corrected chi connectivity index (χ4v) is 4.09. The molecule has 2 aromatic rings. The molecule has 0 bridgehead atoms. The number of hydrogen-bond donors (Lipinski definition) is 1. The summed E-state index contributed by atoms with van der Waals surface area (Å²) in [6.45, 7) is 5.47. The molecule has 0 aliphatic rings. The van der Waals surface area contributed by atoms with Crippen molar-refractivity contribution in [1.29, 1.82) is 0 Å². The van der Waals surface area contributed by atoms with E-state index in [1.165, 1.54) is 28.2 Å². The Balaban J connectivity index is 2.03. The van der Waals surface area contributed by atoms with E-state index in [9.17, 15) is 0 Å². The van der Waals surface area contributed by atoms with Gasteiger partial charge in [0.05, 0.1) is 0 Å². The highest BCUT2D eigenvalue weighted by Gasteiger charge is 2.15. The van der Waals surface area contributed by atoms with Crippen LogP contribution in [0.3, 0.4) is 0 Å². The van der Waals surface area contributed by atoms with Gasteiger partial charge in [-0.25, -0.2) is 0 Å². The zero-order valence-electron chi connectivity index (χ0n) is 11.1. The van der Waals surface area contributed by atoms with Crippen LogP contribution in [-0.4, -0.2) is 6.54 Å². The van der Waals surface area contributed by atoms with Gasteiger partial charge in [0.2, 0.25) is 0 Å². The van der Waals surface area contributed by atoms with E-state index in [2.05, 4.69) is 48.1 Å². The van der Waals surface area contributed by atoms with Crippen LogP contribution in [0, 0.1) is 0 Å². The van der Waals surface area contributed by atoms with Gasteiger partial charge in [0.1, 0.15) is 0 Å². The minimum absolute atomic E-state index is 0.520. The lowest BCUT2D eigenvalue weighted by molar-refractivity contribution is 0.521. The van der Waals surface area contributed by atoms with Gasteiger partial charge in [-0.1, -0.05) is 19.9 Å². The molecule has 1 atom stereocenters. The van der Waals surface area contributed by atoms with Crippen LogP contribution in [0.15, 0.2) is 29.0 Å². The Hall–Kier alpha value is -0.640. The fraction of sp³-hybridized carbons (Fsp3) is 0.467. The molecule has 18 heavy (non-hydrogen) atoms. The summed E-state index contributed by atoms with van der Waals surface area (Å²) in [7, 11) is 0. The van der Waals surface area contributed by atoms with Crippen molar-refractivity contribution in [3.63, 3.8) is 0 Å². The standard InChI is InChI=1S/C15H21NS2/c1-3-12-9-11-18-15(12)14(16-4-2)8-7-13-6-5-10-17-13/h5-6,9-11,14,16H,3-4,7-8H2,1-2H3. The van der Waals surface area contributed by atoms with Gasteiger partial charge in [-0.3, -0.25) is 0 Å². The Morgan fingerprint density at radius 3 is 2.72 bits per heavy atom. The quantitative estimate of drug-likeness (QED) is 0.777. The van der Waals surface area contributed by atoms with E-state index in [-0.39, 0.29) is 0 Å². The molecule has 98 valence electrons. The van der Waals surface area contributed by atoms with Crippen molar-refractivity contribution in [2.24, 2.45) is 0 Å². The Bertz CT molecular complexity index is 445. The average Bonchev–Trinajstić information content (AvgIpc) is 3.04. The molecule has 0 saturated carbocycles. The molecule has 1 unspecified atom stereocenters. The predicted molar refractivity (Wildman–Crippen MR) is 82.8 cm³/mol. The topological polar surface area (TPSA) is 12.0 Å². The lowest BCUT2D eigenvalue weighted by atomic mass is 10.0. The minimum atomic E-state index is 0.520. The third-order valence-electron chi connectivity index (χ3n) is 3.19. The van der Waals surface area contributed by atoms with E-state index < -0.39 is 0 Å². The fourth-order valence-electron chi connectivity index (χ4n) is 2.26. The molecule has 2 rings (SSSR count). The van der Waals surface area contributed by atoms with E-state index in [0.717, 1.165) is 13.0 Å². The molecule has 0 aliphatic heterocycles. The summed E-state index contributed by atoms with van der Waals surface area (Å²) in [5.41, 5.74) is 1.51. The summed E-state index contributed by atoms with van der Waals surface area (Å²) in [5, 5.41) is 8.03. The zero-order valence-corrected chi connectivity index (χ0v) is 12.7. The van der Waals surface area contributed by atoms with Gasteiger partial charge in [-0.2, -0.15) is 0 Å². The third-order valence-corrected chi connectivity index (χ3v) is 5.20. The molecule has 0 amide bonds.